The molecule has 0 aliphatic heterocycles. The molecule has 1 aliphatic rings. The number of aliphatic hydroxyl groups is 1. The van der Waals surface area contributed by atoms with E-state index >= 15 is 0 Å². The van der Waals surface area contributed by atoms with Gasteiger partial charge in [-0.3, -0.25) is 4.79 Å². The average molecular weight is 268 g/mol. The molecule has 2 aromatic rings. The molecule has 0 radical (unpaired) electrons. The van der Waals surface area contributed by atoms with Crippen LogP contribution in [0, 0.1) is 5.41 Å². The lowest BCUT2D eigenvalue weighted by Gasteiger charge is -2.37. The zero-order valence-corrected chi connectivity index (χ0v) is 11.8. The van der Waals surface area contributed by atoms with Crippen molar-refractivity contribution in [2.45, 2.75) is 38.7 Å². The Morgan fingerprint density at radius 3 is 2.65 bits per heavy atom. The molecule has 0 heterocycles. The number of rotatable bonds is 2. The largest absolute Gasteiger partial charge is 0.387 e. The van der Waals surface area contributed by atoms with E-state index in [9.17, 15) is 9.90 Å². The Hall–Kier alpha value is -1.67. The molecule has 2 nitrogen and oxygen atoms in total. The van der Waals surface area contributed by atoms with Crippen molar-refractivity contribution in [1.29, 1.82) is 0 Å². The number of hydrogen-bond acceptors (Lipinski definition) is 2. The first-order chi connectivity index (χ1) is 9.63. The summed E-state index contributed by atoms with van der Waals surface area (Å²) in [5.74, 6) is 0.198. The Kier molecular flexibility index (Phi) is 3.35. The van der Waals surface area contributed by atoms with E-state index in [0.29, 0.717) is 6.42 Å². The van der Waals surface area contributed by atoms with Crippen molar-refractivity contribution in [3.05, 3.63) is 48.0 Å². The van der Waals surface area contributed by atoms with Crippen LogP contribution in [0.25, 0.3) is 10.8 Å². The Labute approximate surface area is 119 Å². The standard InChI is InChI=1S/C18H20O2/c1-18(12-5-4-11-16(18)19)17(20)15-10-6-8-13-7-2-3-9-14(13)15/h2-3,6-10,17,20H,4-5,11-12H2,1H3/t17-,18+/m0/s1. The number of fused-ring (bicyclic) bond motifs is 1. The molecule has 3 rings (SSSR count). The second-order valence-corrected chi connectivity index (χ2v) is 6.02. The summed E-state index contributed by atoms with van der Waals surface area (Å²) in [6.45, 7) is 1.92. The fourth-order valence-electron chi connectivity index (χ4n) is 3.32. The van der Waals surface area contributed by atoms with Crippen LogP contribution in [-0.2, 0) is 4.79 Å². The van der Waals surface area contributed by atoms with Crippen LogP contribution in [0.3, 0.4) is 0 Å². The first-order valence-corrected chi connectivity index (χ1v) is 7.32. The molecule has 1 fully saturated rings. The topological polar surface area (TPSA) is 37.3 Å². The van der Waals surface area contributed by atoms with Crippen molar-refractivity contribution in [2.24, 2.45) is 5.41 Å². The van der Waals surface area contributed by atoms with Gasteiger partial charge < -0.3 is 5.11 Å². The lowest BCUT2D eigenvalue weighted by atomic mass is 9.68. The summed E-state index contributed by atoms with van der Waals surface area (Å²) < 4.78 is 0. The van der Waals surface area contributed by atoms with E-state index < -0.39 is 11.5 Å². The highest BCUT2D eigenvalue weighted by Gasteiger charge is 2.42. The number of Topliss-reactive ketones (excluding diaryl/α,β-unsaturated/α-hetero) is 1. The first-order valence-electron chi connectivity index (χ1n) is 7.32. The molecule has 2 aromatic carbocycles. The van der Waals surface area contributed by atoms with Gasteiger partial charge in [0.15, 0.2) is 0 Å². The van der Waals surface area contributed by atoms with Crippen LogP contribution in [0.4, 0.5) is 0 Å². The van der Waals surface area contributed by atoms with Gasteiger partial charge in [0.25, 0.3) is 0 Å². The average Bonchev–Trinajstić information content (AvgIpc) is 2.49. The van der Waals surface area contributed by atoms with Crippen molar-refractivity contribution in [3.8, 4) is 0 Å². The van der Waals surface area contributed by atoms with Gasteiger partial charge in [-0.2, -0.15) is 0 Å². The summed E-state index contributed by atoms with van der Waals surface area (Å²) in [6.07, 6.45) is 2.62. The van der Waals surface area contributed by atoms with Crippen LogP contribution < -0.4 is 0 Å². The normalized spacial score (nSPS) is 24.8. The molecule has 0 aromatic heterocycles. The lowest BCUT2D eigenvalue weighted by molar-refractivity contribution is -0.138. The molecule has 2 atom stereocenters. The van der Waals surface area contributed by atoms with Crippen LogP contribution in [0.5, 0.6) is 0 Å². The summed E-state index contributed by atoms with van der Waals surface area (Å²) in [6, 6.07) is 14.0. The Morgan fingerprint density at radius 1 is 1.10 bits per heavy atom. The maximum atomic E-state index is 12.3. The molecule has 104 valence electrons. The molecule has 20 heavy (non-hydrogen) atoms. The van der Waals surface area contributed by atoms with E-state index in [1.54, 1.807) is 0 Å². The van der Waals surface area contributed by atoms with Gasteiger partial charge in [0.1, 0.15) is 5.78 Å². The number of carbonyl (C=O) groups excluding carboxylic acids is 1. The number of ketones is 1. The monoisotopic (exact) mass is 268 g/mol. The molecule has 1 aliphatic carbocycles. The third kappa shape index (κ3) is 2.04. The van der Waals surface area contributed by atoms with Crippen LogP contribution in [0.2, 0.25) is 0 Å². The van der Waals surface area contributed by atoms with Crippen molar-refractivity contribution in [3.63, 3.8) is 0 Å². The lowest BCUT2D eigenvalue weighted by Crippen LogP contribution is -2.37. The van der Waals surface area contributed by atoms with Crippen LogP contribution in [0.15, 0.2) is 42.5 Å². The molecule has 2 heteroatoms. The summed E-state index contributed by atoms with van der Waals surface area (Å²) >= 11 is 0. The van der Waals surface area contributed by atoms with E-state index in [-0.39, 0.29) is 5.78 Å². The molecule has 0 spiro atoms. The van der Waals surface area contributed by atoms with Crippen molar-refractivity contribution < 1.29 is 9.90 Å². The van der Waals surface area contributed by atoms with Gasteiger partial charge >= 0.3 is 0 Å². The predicted octanol–water partition coefficient (Wildman–Crippen LogP) is 4.02. The maximum absolute atomic E-state index is 12.3. The Bertz CT molecular complexity index is 641. The zero-order chi connectivity index (χ0) is 14.2. The molecule has 0 bridgehead atoms. The smallest absolute Gasteiger partial charge is 0.141 e. The fraction of sp³-hybridized carbons (Fsp3) is 0.389. The quantitative estimate of drug-likeness (QED) is 0.893. The summed E-state index contributed by atoms with van der Waals surface area (Å²) in [5.41, 5.74) is 0.239. The number of benzene rings is 2. The second kappa shape index (κ2) is 5.02. The van der Waals surface area contributed by atoms with E-state index in [4.69, 9.17) is 0 Å². The molecule has 1 N–H and O–H groups in total. The van der Waals surface area contributed by atoms with Gasteiger partial charge in [-0.25, -0.2) is 0 Å². The number of hydrogen-bond donors (Lipinski definition) is 1. The molecule has 0 amide bonds. The zero-order valence-electron chi connectivity index (χ0n) is 11.8. The third-order valence-corrected chi connectivity index (χ3v) is 4.71. The minimum atomic E-state index is -0.721. The van der Waals surface area contributed by atoms with Crippen LogP contribution in [0.1, 0.15) is 44.3 Å². The molecule has 1 saturated carbocycles. The maximum Gasteiger partial charge on any atom is 0.141 e. The van der Waals surface area contributed by atoms with Gasteiger partial charge in [0.05, 0.1) is 11.5 Å². The van der Waals surface area contributed by atoms with E-state index in [0.717, 1.165) is 35.6 Å². The number of carbonyl (C=O) groups is 1. The summed E-state index contributed by atoms with van der Waals surface area (Å²) in [7, 11) is 0. The van der Waals surface area contributed by atoms with Gasteiger partial charge in [-0.1, -0.05) is 48.9 Å². The summed E-state index contributed by atoms with van der Waals surface area (Å²) in [5, 5.41) is 13.0. The minimum absolute atomic E-state index is 0.198. The van der Waals surface area contributed by atoms with Crippen molar-refractivity contribution in [2.75, 3.05) is 0 Å². The van der Waals surface area contributed by atoms with Gasteiger partial charge in [-0.05, 0) is 36.1 Å². The van der Waals surface area contributed by atoms with E-state index in [2.05, 4.69) is 0 Å². The molecular formula is C18H20O2. The molecule has 0 unspecified atom stereocenters. The minimum Gasteiger partial charge on any atom is -0.387 e. The predicted molar refractivity (Wildman–Crippen MR) is 80.5 cm³/mol. The van der Waals surface area contributed by atoms with Crippen molar-refractivity contribution >= 4 is 16.6 Å². The fourth-order valence-corrected chi connectivity index (χ4v) is 3.32. The highest BCUT2D eigenvalue weighted by molar-refractivity contribution is 5.89. The molecule has 0 saturated heterocycles. The highest BCUT2D eigenvalue weighted by Crippen LogP contribution is 2.44. The second-order valence-electron chi connectivity index (χ2n) is 6.02. The van der Waals surface area contributed by atoms with Crippen LogP contribution in [-0.4, -0.2) is 10.9 Å². The van der Waals surface area contributed by atoms with E-state index in [1.807, 2.05) is 49.4 Å². The van der Waals surface area contributed by atoms with Gasteiger partial charge in [0.2, 0.25) is 0 Å². The third-order valence-electron chi connectivity index (χ3n) is 4.71. The van der Waals surface area contributed by atoms with Gasteiger partial charge in [0, 0.05) is 6.42 Å². The Balaban J connectivity index is 2.08. The highest BCUT2D eigenvalue weighted by atomic mass is 16.3. The van der Waals surface area contributed by atoms with Crippen molar-refractivity contribution in [1.82, 2.24) is 0 Å². The Morgan fingerprint density at radius 2 is 1.85 bits per heavy atom. The van der Waals surface area contributed by atoms with E-state index in [1.165, 1.54) is 0 Å². The number of aliphatic hydroxyl groups excluding tert-OH is 1. The van der Waals surface area contributed by atoms with Crippen LogP contribution >= 0.6 is 0 Å². The summed E-state index contributed by atoms with van der Waals surface area (Å²) in [4.78, 5) is 12.3. The first kappa shape index (κ1) is 13.3. The van der Waals surface area contributed by atoms with Gasteiger partial charge in [-0.15, -0.1) is 0 Å². The SMILES string of the molecule is C[C@@]1([C@@H](O)c2cccc3ccccc23)CCCCC1=O. The molecular weight excluding hydrogens is 248 g/mol.